The number of rotatable bonds is 1. The van der Waals surface area contributed by atoms with Gasteiger partial charge in [-0.25, -0.2) is 4.98 Å². The lowest BCUT2D eigenvalue weighted by Crippen LogP contribution is -2.03. The summed E-state index contributed by atoms with van der Waals surface area (Å²) in [5.41, 5.74) is 6.78. The monoisotopic (exact) mass is 205 g/mol. The maximum absolute atomic E-state index is 5.44. The second kappa shape index (κ2) is 5.12. The van der Waals surface area contributed by atoms with Gasteiger partial charge in [0.25, 0.3) is 0 Å². The van der Waals surface area contributed by atoms with Gasteiger partial charge in [-0.15, -0.1) is 0 Å². The van der Waals surface area contributed by atoms with Gasteiger partial charge in [-0.1, -0.05) is 6.07 Å². The molecule has 1 aliphatic carbocycles. The van der Waals surface area contributed by atoms with Crippen LogP contribution in [0.5, 0.6) is 0 Å². The molecular formula is C12H19N3. The summed E-state index contributed by atoms with van der Waals surface area (Å²) in [6, 6.07) is 3.94. The van der Waals surface area contributed by atoms with Gasteiger partial charge in [-0.05, 0) is 56.3 Å². The molecule has 0 unspecified atom stereocenters. The number of aromatic nitrogens is 1. The Hall–Kier alpha value is -1.09. The summed E-state index contributed by atoms with van der Waals surface area (Å²) in [4.78, 5) is 4.02. The van der Waals surface area contributed by atoms with E-state index in [1.165, 1.54) is 44.3 Å². The Morgan fingerprint density at radius 2 is 1.93 bits per heavy atom. The molecular weight excluding hydrogens is 186 g/mol. The van der Waals surface area contributed by atoms with Crippen molar-refractivity contribution in [1.29, 1.82) is 0 Å². The number of nitrogens with two attached hydrogens (primary N) is 1. The zero-order chi connectivity index (χ0) is 10.5. The van der Waals surface area contributed by atoms with Crippen molar-refractivity contribution in [3.8, 4) is 0 Å². The predicted molar refractivity (Wildman–Crippen MR) is 62.7 cm³/mol. The molecule has 0 spiro atoms. The third kappa shape index (κ3) is 3.51. The minimum absolute atomic E-state index is 0.615. The molecule has 0 aromatic carbocycles. The molecule has 1 saturated heterocycles. The van der Waals surface area contributed by atoms with E-state index in [2.05, 4.69) is 16.4 Å². The molecule has 2 aliphatic rings. The molecule has 3 heteroatoms. The fourth-order valence-corrected chi connectivity index (χ4v) is 1.70. The highest BCUT2D eigenvalue weighted by molar-refractivity contribution is 5.32. The van der Waals surface area contributed by atoms with Gasteiger partial charge in [-0.3, -0.25) is 0 Å². The van der Waals surface area contributed by atoms with Gasteiger partial charge in [0.05, 0.1) is 0 Å². The van der Waals surface area contributed by atoms with Gasteiger partial charge >= 0.3 is 0 Å². The first kappa shape index (κ1) is 10.4. The lowest BCUT2D eigenvalue weighted by molar-refractivity contribution is 0.857. The lowest BCUT2D eigenvalue weighted by Gasteiger charge is -1.95. The Morgan fingerprint density at radius 1 is 1.20 bits per heavy atom. The minimum Gasteiger partial charge on any atom is -0.384 e. The molecule has 1 aromatic rings. The largest absolute Gasteiger partial charge is 0.384 e. The highest BCUT2D eigenvalue weighted by Crippen LogP contribution is 2.39. The average molecular weight is 205 g/mol. The zero-order valence-electron chi connectivity index (χ0n) is 9.08. The lowest BCUT2D eigenvalue weighted by atomic mass is 10.2. The quantitative estimate of drug-likeness (QED) is 0.736. The Morgan fingerprint density at radius 3 is 2.33 bits per heavy atom. The van der Waals surface area contributed by atoms with Crippen molar-refractivity contribution in [2.45, 2.75) is 31.6 Å². The van der Waals surface area contributed by atoms with E-state index in [0.29, 0.717) is 5.82 Å². The fraction of sp³-hybridized carbons (Fsp3) is 0.583. The third-order valence-electron chi connectivity index (χ3n) is 2.82. The van der Waals surface area contributed by atoms with E-state index < -0.39 is 0 Å². The van der Waals surface area contributed by atoms with Crippen LogP contribution in [0, 0.1) is 0 Å². The van der Waals surface area contributed by atoms with Gasteiger partial charge in [0.1, 0.15) is 5.82 Å². The highest BCUT2D eigenvalue weighted by Gasteiger charge is 2.23. The number of anilines is 1. The van der Waals surface area contributed by atoms with Crippen molar-refractivity contribution < 1.29 is 0 Å². The number of nitrogens with zero attached hydrogens (tertiary/aromatic N) is 1. The predicted octanol–water partition coefficient (Wildman–Crippen LogP) is 1.91. The van der Waals surface area contributed by atoms with Crippen LogP contribution in [-0.2, 0) is 0 Å². The summed E-state index contributed by atoms with van der Waals surface area (Å²) in [5.74, 6) is 1.40. The van der Waals surface area contributed by atoms with Crippen LogP contribution >= 0.6 is 0 Å². The molecule has 0 atom stereocenters. The first-order valence-electron chi connectivity index (χ1n) is 5.78. The molecule has 15 heavy (non-hydrogen) atoms. The van der Waals surface area contributed by atoms with Crippen LogP contribution < -0.4 is 11.1 Å². The minimum atomic E-state index is 0.615. The second-order valence-electron chi connectivity index (χ2n) is 4.25. The van der Waals surface area contributed by atoms with Crippen LogP contribution in [0.2, 0.25) is 0 Å². The maximum atomic E-state index is 5.44. The van der Waals surface area contributed by atoms with Gasteiger partial charge in [0, 0.05) is 6.20 Å². The van der Waals surface area contributed by atoms with Gasteiger partial charge in [-0.2, -0.15) is 0 Å². The summed E-state index contributed by atoms with van der Waals surface area (Å²) in [6.45, 7) is 2.50. The summed E-state index contributed by atoms with van der Waals surface area (Å²) < 4.78 is 0. The molecule has 2 fully saturated rings. The van der Waals surface area contributed by atoms with E-state index in [1.807, 2.05) is 12.3 Å². The summed E-state index contributed by atoms with van der Waals surface area (Å²) >= 11 is 0. The van der Waals surface area contributed by atoms with E-state index in [1.54, 1.807) is 0 Å². The molecule has 1 aromatic heterocycles. The first-order chi connectivity index (χ1) is 7.36. The molecule has 3 nitrogen and oxygen atoms in total. The van der Waals surface area contributed by atoms with Crippen LogP contribution in [0.4, 0.5) is 5.82 Å². The highest BCUT2D eigenvalue weighted by atomic mass is 14.9. The topological polar surface area (TPSA) is 50.9 Å². The van der Waals surface area contributed by atoms with Crippen LogP contribution in [0.25, 0.3) is 0 Å². The molecule has 3 rings (SSSR count). The Labute approximate surface area is 91.1 Å². The van der Waals surface area contributed by atoms with Crippen LogP contribution in [0.3, 0.4) is 0 Å². The number of pyridine rings is 1. The number of nitrogen functional groups attached to an aromatic ring is 1. The van der Waals surface area contributed by atoms with E-state index in [-0.39, 0.29) is 0 Å². The van der Waals surface area contributed by atoms with Gasteiger partial charge in [0.15, 0.2) is 0 Å². The SMILES string of the molecule is C1CCNC1.Nc1ccc(C2CC2)cn1. The Bertz CT molecular complexity index is 279. The van der Waals surface area contributed by atoms with Crippen LogP contribution in [0.15, 0.2) is 18.3 Å². The molecule has 2 heterocycles. The van der Waals surface area contributed by atoms with Crippen LogP contribution in [0.1, 0.15) is 37.2 Å². The summed E-state index contributed by atoms with van der Waals surface area (Å²) in [7, 11) is 0. The fourth-order valence-electron chi connectivity index (χ4n) is 1.70. The van der Waals surface area contributed by atoms with Gasteiger partial charge < -0.3 is 11.1 Å². The molecule has 3 N–H and O–H groups in total. The first-order valence-corrected chi connectivity index (χ1v) is 5.78. The van der Waals surface area contributed by atoms with Crippen molar-refractivity contribution in [2.75, 3.05) is 18.8 Å². The molecule has 1 saturated carbocycles. The maximum Gasteiger partial charge on any atom is 0.123 e. The van der Waals surface area contributed by atoms with Crippen molar-refractivity contribution in [3.63, 3.8) is 0 Å². The number of nitrogens with one attached hydrogen (secondary N) is 1. The Kier molecular flexibility index (Phi) is 3.56. The van der Waals surface area contributed by atoms with Crippen molar-refractivity contribution >= 4 is 5.82 Å². The summed E-state index contributed by atoms with van der Waals surface area (Å²) in [6.07, 6.45) is 7.31. The van der Waals surface area contributed by atoms with E-state index >= 15 is 0 Å². The molecule has 1 aliphatic heterocycles. The molecule has 0 amide bonds. The van der Waals surface area contributed by atoms with E-state index in [4.69, 9.17) is 5.73 Å². The molecule has 0 radical (unpaired) electrons. The van der Waals surface area contributed by atoms with Crippen molar-refractivity contribution in [2.24, 2.45) is 0 Å². The zero-order valence-corrected chi connectivity index (χ0v) is 9.08. The van der Waals surface area contributed by atoms with E-state index in [0.717, 1.165) is 5.92 Å². The van der Waals surface area contributed by atoms with Crippen molar-refractivity contribution in [1.82, 2.24) is 10.3 Å². The molecule has 82 valence electrons. The Balaban J connectivity index is 0.000000144. The standard InChI is InChI=1S/C8H10N2.C4H9N/c9-8-4-3-7(5-10-8)6-1-2-6;1-2-4-5-3-1/h3-6H,1-2H2,(H2,9,10);5H,1-4H2. The number of hydrogen-bond acceptors (Lipinski definition) is 3. The van der Waals surface area contributed by atoms with Gasteiger partial charge in [0.2, 0.25) is 0 Å². The smallest absolute Gasteiger partial charge is 0.123 e. The summed E-state index contributed by atoms with van der Waals surface area (Å²) in [5, 5.41) is 3.22. The van der Waals surface area contributed by atoms with Crippen molar-refractivity contribution in [3.05, 3.63) is 23.9 Å². The normalized spacial score (nSPS) is 19.5. The third-order valence-corrected chi connectivity index (χ3v) is 2.82. The number of hydrogen-bond donors (Lipinski definition) is 2. The average Bonchev–Trinajstić information content (AvgIpc) is 2.93. The van der Waals surface area contributed by atoms with Crippen LogP contribution in [-0.4, -0.2) is 18.1 Å². The van der Waals surface area contributed by atoms with E-state index in [9.17, 15) is 0 Å². The molecule has 0 bridgehead atoms. The second-order valence-corrected chi connectivity index (χ2v) is 4.25.